The zero-order chi connectivity index (χ0) is 21.4. The first kappa shape index (κ1) is 22.5. The normalized spacial score (nSPS) is 12.5. The Morgan fingerprint density at radius 1 is 0.966 bits per heavy atom. The van der Waals surface area contributed by atoms with Crippen LogP contribution in [0.4, 0.5) is 13.2 Å². The Bertz CT molecular complexity index is 820. The molecule has 0 spiro atoms. The van der Waals surface area contributed by atoms with E-state index in [4.69, 9.17) is 0 Å². The highest BCUT2D eigenvalue weighted by Gasteiger charge is 2.32. The Morgan fingerprint density at radius 3 is 2.21 bits per heavy atom. The molecular formula is C22H25F3N2O2. The number of carbonyl (C=O) groups is 2. The van der Waals surface area contributed by atoms with Crippen molar-refractivity contribution in [2.45, 2.75) is 38.9 Å². The number of hydrogen-bond acceptors (Lipinski definition) is 2. The molecule has 156 valence electrons. The SMILES string of the molecule is CC(C)CC(=O)NC(C(=O)NCCc1ccccc1C(F)(F)F)c1ccccc1. The Hall–Kier alpha value is -2.83. The third kappa shape index (κ3) is 6.93. The highest BCUT2D eigenvalue weighted by Crippen LogP contribution is 2.31. The molecule has 2 aromatic rings. The molecule has 0 aliphatic heterocycles. The van der Waals surface area contributed by atoms with Gasteiger partial charge in [-0.3, -0.25) is 9.59 Å². The number of rotatable bonds is 8. The molecule has 1 atom stereocenters. The smallest absolute Gasteiger partial charge is 0.354 e. The minimum Gasteiger partial charge on any atom is -0.354 e. The van der Waals surface area contributed by atoms with E-state index < -0.39 is 23.7 Å². The van der Waals surface area contributed by atoms with Crippen LogP contribution in [0.25, 0.3) is 0 Å². The zero-order valence-electron chi connectivity index (χ0n) is 16.4. The van der Waals surface area contributed by atoms with Crippen LogP contribution in [-0.4, -0.2) is 18.4 Å². The second kappa shape index (κ2) is 10.1. The van der Waals surface area contributed by atoms with Crippen molar-refractivity contribution in [1.29, 1.82) is 0 Å². The molecule has 0 heterocycles. The molecule has 2 N–H and O–H groups in total. The number of nitrogens with one attached hydrogen (secondary N) is 2. The van der Waals surface area contributed by atoms with Gasteiger partial charge in [0.1, 0.15) is 6.04 Å². The summed E-state index contributed by atoms with van der Waals surface area (Å²) in [5.74, 6) is -0.586. The van der Waals surface area contributed by atoms with Crippen LogP contribution in [0.5, 0.6) is 0 Å². The largest absolute Gasteiger partial charge is 0.416 e. The lowest BCUT2D eigenvalue weighted by atomic mass is 10.0. The first-order valence-corrected chi connectivity index (χ1v) is 9.45. The third-order valence-electron chi connectivity index (χ3n) is 4.31. The monoisotopic (exact) mass is 406 g/mol. The summed E-state index contributed by atoms with van der Waals surface area (Å²) in [5.41, 5.74) is 0.0114. The average molecular weight is 406 g/mol. The van der Waals surface area contributed by atoms with Gasteiger partial charge in [0, 0.05) is 13.0 Å². The number of benzene rings is 2. The third-order valence-corrected chi connectivity index (χ3v) is 4.31. The van der Waals surface area contributed by atoms with E-state index in [0.717, 1.165) is 6.07 Å². The van der Waals surface area contributed by atoms with E-state index in [1.54, 1.807) is 30.3 Å². The van der Waals surface area contributed by atoms with Crippen LogP contribution in [0.3, 0.4) is 0 Å². The van der Waals surface area contributed by atoms with Crippen molar-refractivity contribution in [3.63, 3.8) is 0 Å². The lowest BCUT2D eigenvalue weighted by Crippen LogP contribution is -2.41. The van der Waals surface area contributed by atoms with Crippen molar-refractivity contribution in [3.05, 3.63) is 71.3 Å². The molecule has 2 rings (SSSR count). The van der Waals surface area contributed by atoms with E-state index in [1.165, 1.54) is 18.2 Å². The molecule has 0 aliphatic rings. The van der Waals surface area contributed by atoms with Gasteiger partial charge in [0.15, 0.2) is 0 Å². The van der Waals surface area contributed by atoms with Crippen molar-refractivity contribution in [1.82, 2.24) is 10.6 Å². The number of amides is 2. The van der Waals surface area contributed by atoms with Crippen molar-refractivity contribution >= 4 is 11.8 Å². The van der Waals surface area contributed by atoms with E-state index in [-0.39, 0.29) is 36.8 Å². The molecule has 0 aromatic heterocycles. The molecule has 0 saturated carbocycles. The lowest BCUT2D eigenvalue weighted by Gasteiger charge is -2.20. The van der Waals surface area contributed by atoms with Crippen LogP contribution >= 0.6 is 0 Å². The fourth-order valence-corrected chi connectivity index (χ4v) is 2.97. The van der Waals surface area contributed by atoms with E-state index in [0.29, 0.717) is 5.56 Å². The fraction of sp³-hybridized carbons (Fsp3) is 0.364. The van der Waals surface area contributed by atoms with Gasteiger partial charge in [-0.25, -0.2) is 0 Å². The predicted octanol–water partition coefficient (Wildman–Crippen LogP) is 4.27. The highest BCUT2D eigenvalue weighted by atomic mass is 19.4. The van der Waals surface area contributed by atoms with Gasteiger partial charge < -0.3 is 10.6 Å². The van der Waals surface area contributed by atoms with Gasteiger partial charge in [0.05, 0.1) is 5.56 Å². The number of hydrogen-bond donors (Lipinski definition) is 2. The quantitative estimate of drug-likeness (QED) is 0.688. The highest BCUT2D eigenvalue weighted by molar-refractivity contribution is 5.88. The summed E-state index contributed by atoms with van der Waals surface area (Å²) < 4.78 is 39.3. The van der Waals surface area contributed by atoms with Crippen LogP contribution in [0.1, 0.15) is 43.0 Å². The van der Waals surface area contributed by atoms with E-state index >= 15 is 0 Å². The predicted molar refractivity (Wildman–Crippen MR) is 105 cm³/mol. The molecule has 0 saturated heterocycles. The molecule has 7 heteroatoms. The number of alkyl halides is 3. The van der Waals surface area contributed by atoms with Gasteiger partial charge in [-0.05, 0) is 29.5 Å². The fourth-order valence-electron chi connectivity index (χ4n) is 2.97. The van der Waals surface area contributed by atoms with Crippen LogP contribution < -0.4 is 10.6 Å². The second-order valence-electron chi connectivity index (χ2n) is 7.21. The molecule has 2 aromatic carbocycles. The van der Waals surface area contributed by atoms with Crippen LogP contribution in [0.2, 0.25) is 0 Å². The Kier molecular flexibility index (Phi) is 7.82. The molecule has 4 nitrogen and oxygen atoms in total. The molecule has 2 amide bonds. The molecule has 0 bridgehead atoms. The van der Waals surface area contributed by atoms with Crippen LogP contribution in [0, 0.1) is 5.92 Å². The Morgan fingerprint density at radius 2 is 1.59 bits per heavy atom. The van der Waals surface area contributed by atoms with Crippen LogP contribution in [0.15, 0.2) is 54.6 Å². The first-order chi connectivity index (χ1) is 13.7. The molecule has 29 heavy (non-hydrogen) atoms. The van der Waals surface area contributed by atoms with Gasteiger partial charge in [-0.2, -0.15) is 13.2 Å². The number of halogens is 3. The van der Waals surface area contributed by atoms with E-state index in [9.17, 15) is 22.8 Å². The minimum atomic E-state index is -4.45. The summed E-state index contributed by atoms with van der Waals surface area (Å²) in [6.07, 6.45) is -4.14. The van der Waals surface area contributed by atoms with E-state index in [1.807, 2.05) is 13.8 Å². The molecule has 1 unspecified atom stereocenters. The molecule has 0 fully saturated rings. The minimum absolute atomic E-state index is 0.0231. The van der Waals surface area contributed by atoms with Crippen LogP contribution in [-0.2, 0) is 22.2 Å². The second-order valence-corrected chi connectivity index (χ2v) is 7.21. The van der Waals surface area contributed by atoms with Gasteiger partial charge in [-0.15, -0.1) is 0 Å². The van der Waals surface area contributed by atoms with Crippen molar-refractivity contribution in [2.24, 2.45) is 5.92 Å². The zero-order valence-corrected chi connectivity index (χ0v) is 16.4. The summed E-state index contributed by atoms with van der Waals surface area (Å²) in [6, 6.07) is 13.1. The molecule has 0 aliphatic carbocycles. The molecule has 0 radical (unpaired) electrons. The summed E-state index contributed by atoms with van der Waals surface area (Å²) >= 11 is 0. The Labute approximate surface area is 168 Å². The average Bonchev–Trinajstić information content (AvgIpc) is 2.65. The maximum atomic E-state index is 13.1. The summed E-state index contributed by atoms with van der Waals surface area (Å²) in [4.78, 5) is 24.9. The van der Waals surface area contributed by atoms with Crippen molar-refractivity contribution < 1.29 is 22.8 Å². The van der Waals surface area contributed by atoms with Gasteiger partial charge >= 0.3 is 6.18 Å². The van der Waals surface area contributed by atoms with Gasteiger partial charge in [0.2, 0.25) is 11.8 Å². The standard InChI is InChI=1S/C22H25F3N2O2/c1-15(2)14-19(28)27-20(17-9-4-3-5-10-17)21(29)26-13-12-16-8-6-7-11-18(16)22(23,24)25/h3-11,15,20H,12-14H2,1-2H3,(H,26,29)(H,27,28). The summed E-state index contributed by atoms with van der Waals surface area (Å²) in [6.45, 7) is 3.82. The molecular weight excluding hydrogens is 381 g/mol. The van der Waals surface area contributed by atoms with Gasteiger partial charge in [0.25, 0.3) is 0 Å². The number of carbonyl (C=O) groups excluding carboxylic acids is 2. The van der Waals surface area contributed by atoms with Gasteiger partial charge in [-0.1, -0.05) is 62.4 Å². The summed E-state index contributed by atoms with van der Waals surface area (Å²) in [5, 5.41) is 5.36. The first-order valence-electron chi connectivity index (χ1n) is 9.45. The summed E-state index contributed by atoms with van der Waals surface area (Å²) in [7, 11) is 0. The topological polar surface area (TPSA) is 58.2 Å². The Balaban J connectivity index is 2.06. The van der Waals surface area contributed by atoms with Crippen molar-refractivity contribution in [2.75, 3.05) is 6.54 Å². The van der Waals surface area contributed by atoms with E-state index in [2.05, 4.69) is 10.6 Å². The van der Waals surface area contributed by atoms with Crippen molar-refractivity contribution in [3.8, 4) is 0 Å². The maximum Gasteiger partial charge on any atom is 0.416 e. The maximum absolute atomic E-state index is 13.1. The lowest BCUT2D eigenvalue weighted by molar-refractivity contribution is -0.138.